The summed E-state index contributed by atoms with van der Waals surface area (Å²) in [4.78, 5) is 2.50. The maximum absolute atomic E-state index is 3.48. The van der Waals surface area contributed by atoms with Gasteiger partial charge in [-0.3, -0.25) is 4.90 Å². The normalized spacial score (nSPS) is 32.5. The molecular weight excluding hydrogens is 180 g/mol. The largest absolute Gasteiger partial charge is 0.313 e. The lowest BCUT2D eigenvalue weighted by Crippen LogP contribution is -2.48. The molecule has 13 heavy (non-hydrogen) atoms. The van der Waals surface area contributed by atoms with Crippen molar-refractivity contribution in [2.24, 2.45) is 0 Å². The van der Waals surface area contributed by atoms with Crippen molar-refractivity contribution < 1.29 is 0 Å². The highest BCUT2D eigenvalue weighted by Gasteiger charge is 2.24. The summed E-state index contributed by atoms with van der Waals surface area (Å²) >= 11 is 2.20. The Balaban J connectivity index is 1.78. The lowest BCUT2D eigenvalue weighted by molar-refractivity contribution is 0.265. The molecule has 0 spiro atoms. The molecule has 0 radical (unpaired) electrons. The minimum absolute atomic E-state index is 0.733. The van der Waals surface area contributed by atoms with Crippen LogP contribution in [-0.4, -0.2) is 42.2 Å². The van der Waals surface area contributed by atoms with Crippen molar-refractivity contribution in [2.75, 3.05) is 26.7 Å². The zero-order valence-corrected chi connectivity index (χ0v) is 9.28. The molecule has 1 unspecified atom stereocenters. The molecule has 0 amide bonds. The second-order valence-electron chi connectivity index (χ2n) is 4.18. The van der Waals surface area contributed by atoms with Gasteiger partial charge < -0.3 is 5.32 Å². The quantitative estimate of drug-likeness (QED) is 0.727. The van der Waals surface area contributed by atoms with Crippen LogP contribution in [0.1, 0.15) is 25.7 Å². The topological polar surface area (TPSA) is 15.3 Å². The highest BCUT2D eigenvalue weighted by atomic mass is 32.2. The molecule has 1 N–H and O–H groups in total. The van der Waals surface area contributed by atoms with Crippen LogP contribution in [0.4, 0.5) is 0 Å². The van der Waals surface area contributed by atoms with E-state index < -0.39 is 0 Å². The maximum Gasteiger partial charge on any atom is 0.0684 e. The van der Waals surface area contributed by atoms with Crippen molar-refractivity contribution in [1.82, 2.24) is 10.2 Å². The van der Waals surface area contributed by atoms with Gasteiger partial charge in [0.25, 0.3) is 0 Å². The molecule has 1 saturated heterocycles. The van der Waals surface area contributed by atoms with Crippen molar-refractivity contribution >= 4 is 11.8 Å². The van der Waals surface area contributed by atoms with E-state index in [1.807, 2.05) is 0 Å². The number of nitrogens with one attached hydrogen (secondary N) is 1. The molecule has 1 atom stereocenters. The van der Waals surface area contributed by atoms with Crippen LogP contribution in [-0.2, 0) is 0 Å². The summed E-state index contributed by atoms with van der Waals surface area (Å²) in [6.07, 6.45) is 5.83. The minimum Gasteiger partial charge on any atom is -0.313 e. The first-order chi connectivity index (χ1) is 6.36. The zero-order valence-electron chi connectivity index (χ0n) is 8.46. The number of hydrogen-bond acceptors (Lipinski definition) is 3. The molecule has 3 heteroatoms. The molecule has 2 aliphatic rings. The van der Waals surface area contributed by atoms with Crippen LogP contribution < -0.4 is 5.32 Å². The van der Waals surface area contributed by atoms with E-state index in [0.29, 0.717) is 0 Å². The Labute approximate surface area is 85.4 Å². The van der Waals surface area contributed by atoms with Gasteiger partial charge in [0.05, 0.1) is 5.37 Å². The summed E-state index contributed by atoms with van der Waals surface area (Å²) in [5.41, 5.74) is 0. The predicted molar refractivity (Wildman–Crippen MR) is 59.1 cm³/mol. The van der Waals surface area contributed by atoms with Crippen molar-refractivity contribution in [3.05, 3.63) is 0 Å². The van der Waals surface area contributed by atoms with Crippen LogP contribution >= 0.6 is 11.8 Å². The number of rotatable bonds is 2. The van der Waals surface area contributed by atoms with E-state index in [4.69, 9.17) is 0 Å². The summed E-state index contributed by atoms with van der Waals surface area (Å²) < 4.78 is 0. The fourth-order valence-electron chi connectivity index (χ4n) is 2.18. The molecule has 2 fully saturated rings. The number of thioether (sulfide) groups is 1. The third-order valence-corrected chi connectivity index (χ3v) is 4.80. The predicted octanol–water partition coefficient (Wildman–Crippen LogP) is 1.52. The minimum atomic E-state index is 0.733. The van der Waals surface area contributed by atoms with Gasteiger partial charge >= 0.3 is 0 Å². The first kappa shape index (κ1) is 9.81. The standard InChI is InChI=1S/C10H20N2S/c1-12-7-6-11-8-10(12)13-9-4-2-3-5-9/h9-11H,2-8H2,1H3. The molecule has 0 bridgehead atoms. The van der Waals surface area contributed by atoms with E-state index in [1.54, 1.807) is 0 Å². The van der Waals surface area contributed by atoms with Gasteiger partial charge in [-0.05, 0) is 19.9 Å². The highest BCUT2D eigenvalue weighted by Crippen LogP contribution is 2.33. The molecule has 0 aromatic rings. The number of nitrogens with zero attached hydrogens (tertiary/aromatic N) is 1. The fraction of sp³-hybridized carbons (Fsp3) is 1.00. The Bertz CT molecular complexity index is 157. The van der Waals surface area contributed by atoms with Crippen molar-refractivity contribution in [2.45, 2.75) is 36.3 Å². The molecular formula is C10H20N2S. The van der Waals surface area contributed by atoms with Gasteiger partial charge in [-0.15, -0.1) is 11.8 Å². The van der Waals surface area contributed by atoms with E-state index in [1.165, 1.54) is 38.8 Å². The van der Waals surface area contributed by atoms with Crippen molar-refractivity contribution in [3.8, 4) is 0 Å². The first-order valence-electron chi connectivity index (χ1n) is 5.42. The fourth-order valence-corrected chi connectivity index (χ4v) is 3.76. The van der Waals surface area contributed by atoms with Gasteiger partial charge in [0, 0.05) is 24.9 Å². The second kappa shape index (κ2) is 4.67. The van der Waals surface area contributed by atoms with Gasteiger partial charge in [0.1, 0.15) is 0 Å². The Kier molecular flexibility index (Phi) is 3.52. The summed E-state index contributed by atoms with van der Waals surface area (Å²) in [5, 5.41) is 5.16. The molecule has 2 nitrogen and oxygen atoms in total. The van der Waals surface area contributed by atoms with E-state index in [9.17, 15) is 0 Å². The third-order valence-electron chi connectivity index (χ3n) is 3.10. The van der Waals surface area contributed by atoms with Crippen LogP contribution in [0.3, 0.4) is 0 Å². The van der Waals surface area contributed by atoms with Crippen LogP contribution in [0.5, 0.6) is 0 Å². The Morgan fingerprint density at radius 3 is 2.77 bits per heavy atom. The van der Waals surface area contributed by atoms with Gasteiger partial charge in [0.15, 0.2) is 0 Å². The van der Waals surface area contributed by atoms with Crippen molar-refractivity contribution in [3.63, 3.8) is 0 Å². The molecule has 1 aliphatic carbocycles. The van der Waals surface area contributed by atoms with E-state index in [0.717, 1.165) is 17.2 Å². The summed E-state index contributed by atoms with van der Waals surface area (Å²) in [6.45, 7) is 3.56. The molecule has 1 saturated carbocycles. The number of hydrogen-bond donors (Lipinski definition) is 1. The molecule has 0 aromatic carbocycles. The highest BCUT2D eigenvalue weighted by molar-refractivity contribution is 8.00. The maximum atomic E-state index is 3.48. The van der Waals surface area contributed by atoms with Crippen molar-refractivity contribution in [1.29, 1.82) is 0 Å². The van der Waals surface area contributed by atoms with Crippen LogP contribution in [0.2, 0.25) is 0 Å². The van der Waals surface area contributed by atoms with Crippen LogP contribution in [0.25, 0.3) is 0 Å². The van der Waals surface area contributed by atoms with Gasteiger partial charge in [0.2, 0.25) is 0 Å². The van der Waals surface area contributed by atoms with E-state index in [-0.39, 0.29) is 0 Å². The molecule has 1 heterocycles. The lowest BCUT2D eigenvalue weighted by atomic mass is 10.4. The van der Waals surface area contributed by atoms with Gasteiger partial charge in [-0.1, -0.05) is 12.8 Å². The Morgan fingerprint density at radius 1 is 1.31 bits per heavy atom. The number of piperazine rings is 1. The smallest absolute Gasteiger partial charge is 0.0684 e. The third kappa shape index (κ3) is 2.61. The average Bonchev–Trinajstić information content (AvgIpc) is 2.61. The first-order valence-corrected chi connectivity index (χ1v) is 6.37. The SMILES string of the molecule is CN1CCNCC1SC1CCCC1. The molecule has 1 aliphatic heterocycles. The number of likely N-dealkylation sites (N-methyl/N-ethyl adjacent to an activating group) is 1. The van der Waals surface area contributed by atoms with Gasteiger partial charge in [-0.2, -0.15) is 0 Å². The molecule has 2 rings (SSSR count). The Morgan fingerprint density at radius 2 is 2.08 bits per heavy atom. The lowest BCUT2D eigenvalue weighted by Gasteiger charge is -2.34. The summed E-state index contributed by atoms with van der Waals surface area (Å²) in [6, 6.07) is 0. The molecule has 76 valence electrons. The van der Waals surface area contributed by atoms with Crippen LogP contribution in [0.15, 0.2) is 0 Å². The van der Waals surface area contributed by atoms with E-state index >= 15 is 0 Å². The summed E-state index contributed by atoms with van der Waals surface area (Å²) in [7, 11) is 2.26. The summed E-state index contributed by atoms with van der Waals surface area (Å²) in [5.74, 6) is 0. The molecule has 0 aromatic heterocycles. The Hall–Kier alpha value is 0.270. The van der Waals surface area contributed by atoms with Crippen LogP contribution in [0, 0.1) is 0 Å². The second-order valence-corrected chi connectivity index (χ2v) is 5.66. The van der Waals surface area contributed by atoms with E-state index in [2.05, 4.69) is 29.0 Å². The monoisotopic (exact) mass is 200 g/mol. The average molecular weight is 200 g/mol. The van der Waals surface area contributed by atoms with Gasteiger partial charge in [-0.25, -0.2) is 0 Å². The zero-order chi connectivity index (χ0) is 9.10.